The van der Waals surface area contributed by atoms with Gasteiger partial charge in [0, 0.05) is 18.2 Å². The van der Waals surface area contributed by atoms with Crippen molar-refractivity contribution in [2.75, 3.05) is 20.3 Å². The van der Waals surface area contributed by atoms with Crippen molar-refractivity contribution < 1.29 is 19.4 Å². The molecule has 0 spiro atoms. The van der Waals surface area contributed by atoms with E-state index in [9.17, 15) is 9.90 Å². The van der Waals surface area contributed by atoms with E-state index in [1.54, 1.807) is 48.5 Å². The van der Waals surface area contributed by atoms with Crippen LogP contribution in [0.15, 0.2) is 60.7 Å². The molecule has 0 bridgehead atoms. The molecule has 21 heavy (non-hydrogen) atoms. The fraction of sp³-hybridized carbons (Fsp3) is 0.235. The van der Waals surface area contributed by atoms with Gasteiger partial charge in [0.05, 0.1) is 13.2 Å². The quantitative estimate of drug-likeness (QED) is 0.482. The number of hydrogen-bond acceptors (Lipinski definition) is 4. The van der Waals surface area contributed by atoms with Crippen molar-refractivity contribution in [2.45, 2.75) is 5.79 Å². The molecule has 0 fully saturated rings. The normalized spacial score (nSPS) is 13.6. The molecular formula is C17H18O4. The summed E-state index contributed by atoms with van der Waals surface area (Å²) < 4.78 is 10.4. The standard InChI is InChI=1S/C17H18O4/c1-20-12-13-21-17(19,15-10-6-3-7-11-15)16(18)14-8-4-2-5-9-14/h2-11,19H,12-13H2,1H3. The number of ether oxygens (including phenoxy) is 2. The molecule has 0 aliphatic heterocycles. The molecule has 0 aromatic heterocycles. The summed E-state index contributed by atoms with van der Waals surface area (Å²) in [7, 11) is 1.53. The predicted octanol–water partition coefficient (Wildman–Crippen LogP) is 2.38. The second-order valence-corrected chi connectivity index (χ2v) is 4.55. The molecule has 0 aliphatic carbocycles. The predicted molar refractivity (Wildman–Crippen MR) is 78.9 cm³/mol. The molecule has 1 atom stereocenters. The van der Waals surface area contributed by atoms with Crippen LogP contribution in [0, 0.1) is 0 Å². The fourth-order valence-corrected chi connectivity index (χ4v) is 2.00. The molecule has 0 saturated carbocycles. The van der Waals surface area contributed by atoms with E-state index < -0.39 is 11.6 Å². The molecular weight excluding hydrogens is 268 g/mol. The molecule has 4 nitrogen and oxygen atoms in total. The number of carbonyl (C=O) groups is 1. The Labute approximate surface area is 123 Å². The molecule has 0 radical (unpaired) electrons. The van der Waals surface area contributed by atoms with Gasteiger partial charge >= 0.3 is 0 Å². The Morgan fingerprint density at radius 3 is 2.14 bits per heavy atom. The third kappa shape index (κ3) is 3.55. The lowest BCUT2D eigenvalue weighted by molar-refractivity contribution is -0.179. The Bertz CT molecular complexity index is 568. The van der Waals surface area contributed by atoms with E-state index in [-0.39, 0.29) is 13.2 Å². The minimum absolute atomic E-state index is 0.112. The summed E-state index contributed by atoms with van der Waals surface area (Å²) in [5.74, 6) is -2.51. The van der Waals surface area contributed by atoms with Crippen LogP contribution in [0.2, 0.25) is 0 Å². The maximum atomic E-state index is 12.6. The zero-order valence-electron chi connectivity index (χ0n) is 11.9. The Balaban J connectivity index is 2.34. The maximum absolute atomic E-state index is 12.6. The van der Waals surface area contributed by atoms with Crippen LogP contribution in [-0.4, -0.2) is 31.2 Å². The first-order valence-corrected chi connectivity index (χ1v) is 6.69. The Kier molecular flexibility index (Phi) is 5.22. The summed E-state index contributed by atoms with van der Waals surface area (Å²) in [6.07, 6.45) is 0. The van der Waals surface area contributed by atoms with Crippen LogP contribution in [-0.2, 0) is 15.3 Å². The number of rotatable bonds is 7. The van der Waals surface area contributed by atoms with Gasteiger partial charge in [-0.25, -0.2) is 0 Å². The first-order valence-electron chi connectivity index (χ1n) is 6.69. The molecule has 4 heteroatoms. The van der Waals surface area contributed by atoms with E-state index in [1.165, 1.54) is 7.11 Å². The molecule has 0 heterocycles. The Morgan fingerprint density at radius 2 is 1.57 bits per heavy atom. The highest BCUT2D eigenvalue weighted by Crippen LogP contribution is 2.27. The summed E-state index contributed by atoms with van der Waals surface area (Å²) in [4.78, 5) is 12.6. The Morgan fingerprint density at radius 1 is 1.00 bits per heavy atom. The van der Waals surface area contributed by atoms with E-state index in [2.05, 4.69) is 0 Å². The molecule has 2 rings (SSSR count). The maximum Gasteiger partial charge on any atom is 0.258 e. The topological polar surface area (TPSA) is 55.8 Å². The van der Waals surface area contributed by atoms with Crippen LogP contribution < -0.4 is 0 Å². The average Bonchev–Trinajstić information content (AvgIpc) is 2.56. The Hall–Kier alpha value is -2.01. The van der Waals surface area contributed by atoms with Crippen LogP contribution in [0.3, 0.4) is 0 Å². The van der Waals surface area contributed by atoms with Gasteiger partial charge in [-0.1, -0.05) is 60.7 Å². The third-order valence-corrected chi connectivity index (χ3v) is 3.11. The van der Waals surface area contributed by atoms with Gasteiger partial charge in [0.25, 0.3) is 5.79 Å². The fourth-order valence-electron chi connectivity index (χ4n) is 2.00. The minimum atomic E-state index is -2.01. The lowest BCUT2D eigenvalue weighted by Crippen LogP contribution is -2.39. The second kappa shape index (κ2) is 7.13. The van der Waals surface area contributed by atoms with Gasteiger partial charge in [-0.05, 0) is 0 Å². The van der Waals surface area contributed by atoms with Crippen molar-refractivity contribution in [3.8, 4) is 0 Å². The zero-order valence-corrected chi connectivity index (χ0v) is 11.9. The summed E-state index contributed by atoms with van der Waals surface area (Å²) in [6.45, 7) is 0.400. The smallest absolute Gasteiger partial charge is 0.258 e. The van der Waals surface area contributed by atoms with E-state index in [1.807, 2.05) is 12.1 Å². The third-order valence-electron chi connectivity index (χ3n) is 3.11. The van der Waals surface area contributed by atoms with E-state index in [4.69, 9.17) is 9.47 Å². The van der Waals surface area contributed by atoms with Gasteiger partial charge in [-0.2, -0.15) is 0 Å². The van der Waals surface area contributed by atoms with E-state index >= 15 is 0 Å². The molecule has 110 valence electrons. The van der Waals surface area contributed by atoms with Crippen LogP contribution in [0.4, 0.5) is 0 Å². The molecule has 2 aromatic rings. The van der Waals surface area contributed by atoms with Crippen molar-refractivity contribution in [3.63, 3.8) is 0 Å². The van der Waals surface area contributed by atoms with Gasteiger partial charge in [0.2, 0.25) is 5.78 Å². The van der Waals surface area contributed by atoms with E-state index in [0.717, 1.165) is 0 Å². The van der Waals surface area contributed by atoms with Crippen LogP contribution in [0.25, 0.3) is 0 Å². The van der Waals surface area contributed by atoms with Crippen molar-refractivity contribution in [1.82, 2.24) is 0 Å². The summed E-state index contributed by atoms with van der Waals surface area (Å²) in [6, 6.07) is 17.2. The number of ketones is 1. The number of Topliss-reactive ketones (excluding diaryl/α,β-unsaturated/α-hetero) is 1. The number of aliphatic hydroxyl groups is 1. The molecule has 0 saturated heterocycles. The van der Waals surface area contributed by atoms with E-state index in [0.29, 0.717) is 11.1 Å². The highest BCUT2D eigenvalue weighted by Gasteiger charge is 2.39. The van der Waals surface area contributed by atoms with Gasteiger partial charge < -0.3 is 14.6 Å². The minimum Gasteiger partial charge on any atom is -0.382 e. The highest BCUT2D eigenvalue weighted by atomic mass is 16.6. The lowest BCUT2D eigenvalue weighted by atomic mass is 9.96. The number of carbonyl (C=O) groups excluding carboxylic acids is 1. The monoisotopic (exact) mass is 286 g/mol. The molecule has 1 unspecified atom stereocenters. The van der Waals surface area contributed by atoms with Gasteiger partial charge in [0.1, 0.15) is 0 Å². The van der Waals surface area contributed by atoms with Crippen LogP contribution in [0.1, 0.15) is 15.9 Å². The highest BCUT2D eigenvalue weighted by molar-refractivity contribution is 6.01. The van der Waals surface area contributed by atoms with Gasteiger partial charge in [0.15, 0.2) is 0 Å². The van der Waals surface area contributed by atoms with Crippen LogP contribution in [0.5, 0.6) is 0 Å². The number of hydrogen-bond donors (Lipinski definition) is 1. The lowest BCUT2D eigenvalue weighted by Gasteiger charge is -2.27. The second-order valence-electron chi connectivity index (χ2n) is 4.55. The number of methoxy groups -OCH3 is 1. The summed E-state index contributed by atoms with van der Waals surface area (Å²) >= 11 is 0. The molecule has 1 N–H and O–H groups in total. The number of benzene rings is 2. The van der Waals surface area contributed by atoms with Crippen molar-refractivity contribution in [1.29, 1.82) is 0 Å². The van der Waals surface area contributed by atoms with Gasteiger partial charge in [-0.15, -0.1) is 0 Å². The van der Waals surface area contributed by atoms with Crippen molar-refractivity contribution in [2.24, 2.45) is 0 Å². The summed E-state index contributed by atoms with van der Waals surface area (Å²) in [5.41, 5.74) is 0.788. The molecule has 0 aliphatic rings. The molecule has 2 aromatic carbocycles. The van der Waals surface area contributed by atoms with Crippen molar-refractivity contribution >= 4 is 5.78 Å². The molecule has 0 amide bonds. The largest absolute Gasteiger partial charge is 0.382 e. The average molecular weight is 286 g/mol. The SMILES string of the molecule is COCCOC(O)(C(=O)c1ccccc1)c1ccccc1. The summed E-state index contributed by atoms with van der Waals surface area (Å²) in [5, 5.41) is 10.8. The first kappa shape index (κ1) is 15.4. The van der Waals surface area contributed by atoms with Crippen molar-refractivity contribution in [3.05, 3.63) is 71.8 Å². The zero-order chi connectivity index (χ0) is 15.1. The first-order chi connectivity index (χ1) is 10.2. The van der Waals surface area contributed by atoms with Crippen LogP contribution >= 0.6 is 0 Å². The van der Waals surface area contributed by atoms with Gasteiger partial charge in [-0.3, -0.25) is 4.79 Å².